The number of rotatable bonds is 9. The number of aliphatic carboxylic acids is 1. The molecule has 7 heteroatoms. The first-order valence-corrected chi connectivity index (χ1v) is 11.1. The number of esters is 1. The van der Waals surface area contributed by atoms with Crippen molar-refractivity contribution in [1.82, 2.24) is 4.90 Å². The van der Waals surface area contributed by atoms with E-state index in [0.29, 0.717) is 25.1 Å². The van der Waals surface area contributed by atoms with Crippen LogP contribution in [-0.2, 0) is 27.2 Å². The molecule has 0 fully saturated rings. The number of hydrogen-bond donors (Lipinski definition) is 1. The van der Waals surface area contributed by atoms with Crippen molar-refractivity contribution >= 4 is 23.7 Å². The van der Waals surface area contributed by atoms with Crippen molar-refractivity contribution in [2.24, 2.45) is 5.92 Å². The maximum absolute atomic E-state index is 13.5. The van der Waals surface area contributed by atoms with E-state index in [1.54, 1.807) is 24.0 Å². The van der Waals surface area contributed by atoms with E-state index in [-0.39, 0.29) is 25.5 Å². The number of amides is 2. The van der Waals surface area contributed by atoms with Crippen LogP contribution in [0, 0.1) is 5.92 Å². The van der Waals surface area contributed by atoms with Gasteiger partial charge in [-0.3, -0.25) is 9.69 Å². The summed E-state index contributed by atoms with van der Waals surface area (Å²) in [5.41, 5.74) is 2.55. The Labute approximate surface area is 188 Å². The summed E-state index contributed by atoms with van der Waals surface area (Å²) in [6, 6.07) is 15.7. The van der Waals surface area contributed by atoms with Crippen LogP contribution < -0.4 is 4.90 Å². The molecule has 2 aromatic carbocycles. The van der Waals surface area contributed by atoms with Crippen LogP contribution in [0.4, 0.5) is 10.5 Å². The monoisotopic (exact) mass is 438 g/mol. The zero-order chi connectivity index (χ0) is 23.1. The number of carboxylic acid groups (broad SMARTS) is 1. The Bertz CT molecular complexity index is 946. The normalized spacial score (nSPS) is 15.7. The van der Waals surface area contributed by atoms with Gasteiger partial charge in [-0.25, -0.2) is 9.59 Å². The molecule has 0 aliphatic carbocycles. The predicted octanol–water partition coefficient (Wildman–Crippen LogP) is 3.76. The summed E-state index contributed by atoms with van der Waals surface area (Å²) in [6.07, 6.45) is 1.48. The fourth-order valence-corrected chi connectivity index (χ4v) is 4.11. The van der Waals surface area contributed by atoms with Gasteiger partial charge in [0, 0.05) is 25.2 Å². The molecule has 0 radical (unpaired) electrons. The number of carboxylic acids is 1. The van der Waals surface area contributed by atoms with Crippen molar-refractivity contribution in [2.75, 3.05) is 24.6 Å². The second-order valence-electron chi connectivity index (χ2n) is 7.85. The molecule has 1 aliphatic rings. The summed E-state index contributed by atoms with van der Waals surface area (Å²) >= 11 is 0. The molecule has 0 saturated carbocycles. The Morgan fingerprint density at radius 2 is 1.78 bits per heavy atom. The molecular formula is C25H30N2O5. The Kier molecular flexibility index (Phi) is 7.87. The third kappa shape index (κ3) is 5.28. The summed E-state index contributed by atoms with van der Waals surface area (Å²) in [5.74, 6) is -1.89. The summed E-state index contributed by atoms with van der Waals surface area (Å²) in [6.45, 7) is 4.38. The van der Waals surface area contributed by atoms with Gasteiger partial charge in [-0.15, -0.1) is 0 Å². The number of benzene rings is 2. The molecule has 2 amide bonds. The van der Waals surface area contributed by atoms with E-state index in [1.807, 2.05) is 49.4 Å². The van der Waals surface area contributed by atoms with E-state index in [9.17, 15) is 19.5 Å². The van der Waals surface area contributed by atoms with Gasteiger partial charge in [0.1, 0.15) is 6.04 Å². The van der Waals surface area contributed by atoms with Gasteiger partial charge in [0.05, 0.1) is 12.5 Å². The molecule has 0 bridgehead atoms. The van der Waals surface area contributed by atoms with Gasteiger partial charge in [-0.2, -0.15) is 0 Å². The fraction of sp³-hybridized carbons (Fsp3) is 0.400. The molecule has 0 spiro atoms. The lowest BCUT2D eigenvalue weighted by Crippen LogP contribution is -2.51. The highest BCUT2D eigenvalue weighted by Gasteiger charge is 2.40. The summed E-state index contributed by atoms with van der Waals surface area (Å²) in [4.78, 5) is 40.9. The molecule has 3 rings (SSSR count). The topological polar surface area (TPSA) is 87.2 Å². The van der Waals surface area contributed by atoms with Crippen molar-refractivity contribution in [3.63, 3.8) is 0 Å². The Balaban J connectivity index is 1.79. The molecule has 32 heavy (non-hydrogen) atoms. The van der Waals surface area contributed by atoms with Gasteiger partial charge in [-0.05, 0) is 43.9 Å². The van der Waals surface area contributed by atoms with Gasteiger partial charge in [-0.1, -0.05) is 48.5 Å². The number of anilines is 1. The number of para-hydroxylation sites is 1. The highest BCUT2D eigenvalue weighted by molar-refractivity contribution is 6.01. The largest absolute Gasteiger partial charge is 0.480 e. The molecule has 1 unspecified atom stereocenters. The van der Waals surface area contributed by atoms with Gasteiger partial charge >= 0.3 is 18.0 Å². The number of nitrogens with zero attached hydrogens (tertiary/aromatic N) is 2. The number of fused-ring (bicyclic) bond motifs is 1. The average Bonchev–Trinajstić information content (AvgIpc) is 3.20. The number of carbonyl (C=O) groups excluding carboxylic acids is 2. The smallest absolute Gasteiger partial charge is 0.327 e. The number of urea groups is 1. The lowest BCUT2D eigenvalue weighted by atomic mass is 9.99. The van der Waals surface area contributed by atoms with Gasteiger partial charge < -0.3 is 14.7 Å². The first-order chi connectivity index (χ1) is 15.5. The highest BCUT2D eigenvalue weighted by atomic mass is 16.5. The number of aryl methyl sites for hydroxylation is 1. The van der Waals surface area contributed by atoms with Crippen LogP contribution in [0.25, 0.3) is 0 Å². The van der Waals surface area contributed by atoms with Crippen molar-refractivity contribution in [3.8, 4) is 0 Å². The number of carbonyl (C=O) groups is 3. The zero-order valence-corrected chi connectivity index (χ0v) is 18.6. The predicted molar refractivity (Wildman–Crippen MR) is 122 cm³/mol. The van der Waals surface area contributed by atoms with Crippen LogP contribution in [0.15, 0.2) is 54.6 Å². The molecule has 1 heterocycles. The minimum Gasteiger partial charge on any atom is -0.480 e. The van der Waals surface area contributed by atoms with Crippen LogP contribution in [-0.4, -0.2) is 53.7 Å². The molecular weight excluding hydrogens is 408 g/mol. The molecule has 0 aromatic heterocycles. The van der Waals surface area contributed by atoms with Crippen LogP contribution in [0.2, 0.25) is 0 Å². The summed E-state index contributed by atoms with van der Waals surface area (Å²) in [7, 11) is 0. The van der Waals surface area contributed by atoms with Crippen molar-refractivity contribution in [1.29, 1.82) is 0 Å². The lowest BCUT2D eigenvalue weighted by molar-refractivity contribution is -0.148. The SMILES string of the molecule is CCOC(=O)C(CCc1ccccc1)CN(CC)C(=O)N1c2ccccc2C[C@H]1C(=O)O. The molecule has 0 saturated heterocycles. The molecule has 2 aromatic rings. The molecule has 1 aliphatic heterocycles. The first kappa shape index (κ1) is 23.3. The van der Waals surface area contributed by atoms with E-state index in [1.165, 1.54) is 4.90 Å². The highest BCUT2D eigenvalue weighted by Crippen LogP contribution is 2.33. The molecule has 170 valence electrons. The van der Waals surface area contributed by atoms with Gasteiger partial charge in [0.25, 0.3) is 0 Å². The van der Waals surface area contributed by atoms with Crippen molar-refractivity contribution in [3.05, 3.63) is 65.7 Å². The maximum Gasteiger partial charge on any atom is 0.327 e. The first-order valence-electron chi connectivity index (χ1n) is 11.1. The second-order valence-corrected chi connectivity index (χ2v) is 7.85. The third-order valence-corrected chi connectivity index (χ3v) is 5.80. The quantitative estimate of drug-likeness (QED) is 0.603. The summed E-state index contributed by atoms with van der Waals surface area (Å²) in [5, 5.41) is 9.72. The zero-order valence-electron chi connectivity index (χ0n) is 18.6. The van der Waals surface area contributed by atoms with Crippen LogP contribution in [0.3, 0.4) is 0 Å². The lowest BCUT2D eigenvalue weighted by Gasteiger charge is -2.32. The molecule has 7 nitrogen and oxygen atoms in total. The fourth-order valence-electron chi connectivity index (χ4n) is 4.11. The van der Waals surface area contributed by atoms with E-state index in [0.717, 1.165) is 11.1 Å². The van der Waals surface area contributed by atoms with Crippen LogP contribution in [0.5, 0.6) is 0 Å². The number of hydrogen-bond acceptors (Lipinski definition) is 4. The van der Waals surface area contributed by atoms with E-state index >= 15 is 0 Å². The molecule has 2 atom stereocenters. The van der Waals surface area contributed by atoms with E-state index in [2.05, 4.69) is 0 Å². The van der Waals surface area contributed by atoms with Crippen LogP contribution in [0.1, 0.15) is 31.4 Å². The standard InChI is InChI=1S/C25H30N2O5/c1-3-26(17-20(24(30)32-4-2)15-14-18-10-6-5-7-11-18)25(31)27-21-13-9-8-12-19(21)16-22(27)23(28)29/h5-13,20,22H,3-4,14-17H2,1-2H3,(H,28,29)/t20?,22-/m0/s1. The van der Waals surface area contributed by atoms with E-state index in [4.69, 9.17) is 4.74 Å². The average molecular weight is 439 g/mol. The van der Waals surface area contributed by atoms with E-state index < -0.39 is 24.0 Å². The van der Waals surface area contributed by atoms with Crippen LogP contribution >= 0.6 is 0 Å². The van der Waals surface area contributed by atoms with Crippen molar-refractivity contribution < 1.29 is 24.2 Å². The maximum atomic E-state index is 13.5. The van der Waals surface area contributed by atoms with Gasteiger partial charge in [0.2, 0.25) is 0 Å². The Hall–Kier alpha value is -3.35. The minimum atomic E-state index is -1.04. The minimum absolute atomic E-state index is 0.173. The third-order valence-electron chi connectivity index (χ3n) is 5.80. The number of ether oxygens (including phenoxy) is 1. The second kappa shape index (κ2) is 10.8. The van der Waals surface area contributed by atoms with Gasteiger partial charge in [0.15, 0.2) is 0 Å². The Morgan fingerprint density at radius 1 is 1.09 bits per heavy atom. The summed E-state index contributed by atoms with van der Waals surface area (Å²) < 4.78 is 5.27. The molecule has 1 N–H and O–H groups in total. The Morgan fingerprint density at radius 3 is 2.44 bits per heavy atom. The van der Waals surface area contributed by atoms with Crippen molar-refractivity contribution in [2.45, 2.75) is 39.2 Å².